The van der Waals surface area contributed by atoms with Crippen molar-refractivity contribution in [1.82, 2.24) is 5.32 Å². The van der Waals surface area contributed by atoms with E-state index in [-0.39, 0.29) is 6.03 Å². The lowest BCUT2D eigenvalue weighted by molar-refractivity contribution is 0.129. The van der Waals surface area contributed by atoms with Crippen LogP contribution in [0.1, 0.15) is 33.1 Å². The number of hydrogen-bond donors (Lipinski definition) is 2. The fourth-order valence-corrected chi connectivity index (χ4v) is 1.92. The number of anilines is 1. The van der Waals surface area contributed by atoms with Gasteiger partial charge >= 0.3 is 6.03 Å². The first-order valence-corrected chi connectivity index (χ1v) is 8.14. The third kappa shape index (κ3) is 7.74. The first-order chi connectivity index (χ1) is 11.2. The molecule has 6 nitrogen and oxygen atoms in total. The predicted octanol–water partition coefficient (Wildman–Crippen LogP) is 3.42. The smallest absolute Gasteiger partial charge is 0.319 e. The molecule has 0 aliphatic rings. The molecule has 2 amide bonds. The Bertz CT molecular complexity index is 466. The van der Waals surface area contributed by atoms with Crippen molar-refractivity contribution in [3.05, 3.63) is 18.2 Å². The molecule has 1 aromatic rings. The zero-order valence-electron chi connectivity index (χ0n) is 14.3. The third-order valence-corrected chi connectivity index (χ3v) is 3.11. The fourth-order valence-electron chi connectivity index (χ4n) is 1.92. The summed E-state index contributed by atoms with van der Waals surface area (Å²) in [7, 11) is 1.58. The van der Waals surface area contributed by atoms with E-state index in [1.165, 1.54) is 0 Å². The summed E-state index contributed by atoms with van der Waals surface area (Å²) < 4.78 is 16.1. The highest BCUT2D eigenvalue weighted by Gasteiger charge is 2.07. The molecular formula is C17H28N2O4. The van der Waals surface area contributed by atoms with Crippen LogP contribution in [0.5, 0.6) is 11.5 Å². The van der Waals surface area contributed by atoms with E-state index < -0.39 is 0 Å². The first-order valence-electron chi connectivity index (χ1n) is 8.14. The van der Waals surface area contributed by atoms with Gasteiger partial charge in [0, 0.05) is 31.5 Å². The first kappa shape index (κ1) is 19.1. The summed E-state index contributed by atoms with van der Waals surface area (Å²) in [5.41, 5.74) is 0.658. The predicted molar refractivity (Wildman–Crippen MR) is 91.5 cm³/mol. The van der Waals surface area contributed by atoms with Gasteiger partial charge in [-0.25, -0.2) is 4.79 Å². The molecule has 6 heteroatoms. The van der Waals surface area contributed by atoms with Crippen LogP contribution in [-0.4, -0.2) is 39.5 Å². The van der Waals surface area contributed by atoms with Crippen LogP contribution in [0, 0.1) is 0 Å². The van der Waals surface area contributed by atoms with Gasteiger partial charge in [0.15, 0.2) is 11.5 Å². The molecule has 0 heterocycles. The summed E-state index contributed by atoms with van der Waals surface area (Å²) in [5.74, 6) is 1.25. The van der Waals surface area contributed by atoms with Gasteiger partial charge < -0.3 is 24.8 Å². The van der Waals surface area contributed by atoms with Crippen LogP contribution in [0.2, 0.25) is 0 Å². The van der Waals surface area contributed by atoms with E-state index in [1.54, 1.807) is 25.3 Å². The second-order valence-electron chi connectivity index (χ2n) is 5.00. The molecule has 0 saturated heterocycles. The maximum Gasteiger partial charge on any atom is 0.319 e. The summed E-state index contributed by atoms with van der Waals surface area (Å²) in [4.78, 5) is 11.8. The molecule has 0 spiro atoms. The molecule has 0 bridgehead atoms. The second kappa shape index (κ2) is 11.6. The minimum atomic E-state index is -0.244. The molecule has 0 saturated carbocycles. The van der Waals surface area contributed by atoms with Crippen LogP contribution in [-0.2, 0) is 4.74 Å². The molecule has 23 heavy (non-hydrogen) atoms. The lowest BCUT2D eigenvalue weighted by Gasteiger charge is -2.12. The summed E-state index contributed by atoms with van der Waals surface area (Å²) in [6.07, 6.45) is 3.00. The standard InChI is InChI=1S/C17H28N2O4/c1-4-6-11-22-12-7-10-18-17(20)19-14-8-9-15(21-3)16(13-14)23-5-2/h8-9,13H,4-7,10-12H2,1-3H3,(H2,18,19,20). The number of unbranched alkanes of at least 4 members (excludes halogenated alkanes) is 1. The molecule has 0 radical (unpaired) electrons. The number of carbonyl (C=O) groups is 1. The Balaban J connectivity index is 2.32. The van der Waals surface area contributed by atoms with E-state index >= 15 is 0 Å². The highest BCUT2D eigenvalue weighted by atomic mass is 16.5. The SMILES string of the molecule is CCCCOCCCNC(=O)Nc1ccc(OC)c(OCC)c1. The summed E-state index contributed by atoms with van der Waals surface area (Å²) in [6, 6.07) is 5.04. The van der Waals surface area contributed by atoms with Gasteiger partial charge in [-0.15, -0.1) is 0 Å². The molecule has 2 N–H and O–H groups in total. The van der Waals surface area contributed by atoms with Crippen LogP contribution < -0.4 is 20.1 Å². The number of benzene rings is 1. The Morgan fingerprint density at radius 1 is 1.13 bits per heavy atom. The van der Waals surface area contributed by atoms with Gasteiger partial charge in [-0.3, -0.25) is 0 Å². The van der Waals surface area contributed by atoms with Crippen LogP contribution in [0.3, 0.4) is 0 Å². The van der Waals surface area contributed by atoms with E-state index in [0.717, 1.165) is 25.9 Å². The quantitative estimate of drug-likeness (QED) is 0.612. The Labute approximate surface area is 138 Å². The van der Waals surface area contributed by atoms with Gasteiger partial charge in [-0.1, -0.05) is 13.3 Å². The van der Waals surface area contributed by atoms with Crippen molar-refractivity contribution in [2.75, 3.05) is 38.8 Å². The Hall–Kier alpha value is -1.95. The summed E-state index contributed by atoms with van der Waals surface area (Å²) in [5, 5.41) is 5.58. The second-order valence-corrected chi connectivity index (χ2v) is 5.00. The van der Waals surface area contributed by atoms with Crippen molar-refractivity contribution >= 4 is 11.7 Å². The molecule has 0 aliphatic carbocycles. The van der Waals surface area contributed by atoms with Gasteiger partial charge in [-0.05, 0) is 31.9 Å². The van der Waals surface area contributed by atoms with Gasteiger partial charge in [0.1, 0.15) is 0 Å². The van der Waals surface area contributed by atoms with Crippen LogP contribution >= 0.6 is 0 Å². The van der Waals surface area contributed by atoms with E-state index in [9.17, 15) is 4.79 Å². The van der Waals surface area contributed by atoms with Crippen molar-refractivity contribution in [2.24, 2.45) is 0 Å². The molecule has 0 aliphatic heterocycles. The van der Waals surface area contributed by atoms with Gasteiger partial charge in [-0.2, -0.15) is 0 Å². The van der Waals surface area contributed by atoms with E-state index in [2.05, 4.69) is 17.6 Å². The number of carbonyl (C=O) groups excluding carboxylic acids is 1. The zero-order valence-corrected chi connectivity index (χ0v) is 14.3. The van der Waals surface area contributed by atoms with Gasteiger partial charge in [0.05, 0.1) is 13.7 Å². The summed E-state index contributed by atoms with van der Waals surface area (Å²) >= 11 is 0. The van der Waals surface area contributed by atoms with Crippen molar-refractivity contribution in [3.8, 4) is 11.5 Å². The van der Waals surface area contributed by atoms with Crippen LogP contribution in [0.15, 0.2) is 18.2 Å². The highest BCUT2D eigenvalue weighted by molar-refractivity contribution is 5.89. The fraction of sp³-hybridized carbons (Fsp3) is 0.588. The average Bonchev–Trinajstić information content (AvgIpc) is 2.54. The topological polar surface area (TPSA) is 68.8 Å². The van der Waals surface area contributed by atoms with E-state index in [4.69, 9.17) is 14.2 Å². The van der Waals surface area contributed by atoms with Crippen molar-refractivity contribution < 1.29 is 19.0 Å². The molecule has 130 valence electrons. The van der Waals surface area contributed by atoms with Gasteiger partial charge in [0.2, 0.25) is 0 Å². The maximum absolute atomic E-state index is 11.8. The van der Waals surface area contributed by atoms with E-state index in [1.807, 2.05) is 6.92 Å². The zero-order chi connectivity index (χ0) is 16.9. The van der Waals surface area contributed by atoms with Crippen molar-refractivity contribution in [2.45, 2.75) is 33.1 Å². The Morgan fingerprint density at radius 2 is 1.91 bits per heavy atom. The molecule has 0 fully saturated rings. The minimum Gasteiger partial charge on any atom is -0.493 e. The lowest BCUT2D eigenvalue weighted by atomic mass is 10.2. The molecule has 0 unspecified atom stereocenters. The van der Waals surface area contributed by atoms with Crippen LogP contribution in [0.4, 0.5) is 10.5 Å². The highest BCUT2D eigenvalue weighted by Crippen LogP contribution is 2.30. The molecule has 0 aromatic heterocycles. The van der Waals surface area contributed by atoms with Gasteiger partial charge in [0.25, 0.3) is 0 Å². The molecule has 1 aromatic carbocycles. The lowest BCUT2D eigenvalue weighted by Crippen LogP contribution is -2.30. The number of methoxy groups -OCH3 is 1. The molecule has 0 atom stereocenters. The summed E-state index contributed by atoms with van der Waals surface area (Å²) in [6.45, 7) is 6.59. The number of ether oxygens (including phenoxy) is 3. The molecular weight excluding hydrogens is 296 g/mol. The van der Waals surface area contributed by atoms with Crippen LogP contribution in [0.25, 0.3) is 0 Å². The average molecular weight is 324 g/mol. The monoisotopic (exact) mass is 324 g/mol. The minimum absolute atomic E-state index is 0.244. The number of hydrogen-bond acceptors (Lipinski definition) is 4. The number of amides is 2. The molecule has 1 rings (SSSR count). The normalized spacial score (nSPS) is 10.2. The van der Waals surface area contributed by atoms with Crippen molar-refractivity contribution in [1.29, 1.82) is 0 Å². The third-order valence-electron chi connectivity index (χ3n) is 3.11. The number of nitrogens with one attached hydrogen (secondary N) is 2. The number of rotatable bonds is 11. The van der Waals surface area contributed by atoms with Crippen molar-refractivity contribution in [3.63, 3.8) is 0 Å². The Morgan fingerprint density at radius 3 is 2.61 bits per heavy atom. The Kier molecular flexibility index (Phi) is 9.63. The number of urea groups is 1. The van der Waals surface area contributed by atoms with E-state index in [0.29, 0.717) is 36.9 Å². The maximum atomic E-state index is 11.8. The largest absolute Gasteiger partial charge is 0.493 e.